The van der Waals surface area contributed by atoms with Crippen LogP contribution in [0.3, 0.4) is 0 Å². The van der Waals surface area contributed by atoms with Crippen LogP contribution in [0.4, 0.5) is 0 Å². The summed E-state index contributed by atoms with van der Waals surface area (Å²) in [6, 6.07) is 14.3. The predicted molar refractivity (Wildman–Crippen MR) is 115 cm³/mol. The summed E-state index contributed by atoms with van der Waals surface area (Å²) in [6.07, 6.45) is 0.157. The standard InChI is InChI=1S/C23H26N2O2S/c1-15-5-7-19(8-6-15)23-25-20(14-28-23)9-10-24-22(26)18(4)27-21-12-16(2)11-17(3)13-21/h5-8,11-14,18H,9-10H2,1-4H3,(H,24,26)/t18-/m0/s1. The lowest BCUT2D eigenvalue weighted by Gasteiger charge is -2.15. The molecule has 2 aromatic carbocycles. The van der Waals surface area contributed by atoms with E-state index in [-0.39, 0.29) is 5.91 Å². The van der Waals surface area contributed by atoms with E-state index >= 15 is 0 Å². The second-order valence-electron chi connectivity index (χ2n) is 7.13. The Bertz CT molecular complexity index is 927. The number of amides is 1. The van der Waals surface area contributed by atoms with Crippen molar-refractivity contribution >= 4 is 17.2 Å². The van der Waals surface area contributed by atoms with E-state index in [0.717, 1.165) is 33.1 Å². The molecule has 0 unspecified atom stereocenters. The first-order valence-corrected chi connectivity index (χ1v) is 10.3. The molecule has 4 nitrogen and oxygen atoms in total. The SMILES string of the molecule is Cc1ccc(-c2nc(CCNC(=O)[C@H](C)Oc3cc(C)cc(C)c3)cs2)cc1. The van der Waals surface area contributed by atoms with E-state index in [1.807, 2.05) is 26.0 Å². The maximum absolute atomic E-state index is 12.3. The van der Waals surface area contributed by atoms with Gasteiger partial charge in [-0.05, 0) is 51.0 Å². The zero-order chi connectivity index (χ0) is 20.1. The second-order valence-corrected chi connectivity index (χ2v) is 7.99. The molecular formula is C23H26N2O2S. The molecule has 0 bridgehead atoms. The fourth-order valence-electron chi connectivity index (χ4n) is 2.97. The minimum absolute atomic E-state index is 0.117. The summed E-state index contributed by atoms with van der Waals surface area (Å²) in [5.41, 5.74) is 5.59. The normalized spacial score (nSPS) is 11.9. The summed E-state index contributed by atoms with van der Waals surface area (Å²) in [4.78, 5) is 17.0. The van der Waals surface area contributed by atoms with Gasteiger partial charge in [0.15, 0.2) is 6.10 Å². The van der Waals surface area contributed by atoms with E-state index < -0.39 is 6.10 Å². The first-order chi connectivity index (χ1) is 13.4. The van der Waals surface area contributed by atoms with Gasteiger partial charge in [-0.2, -0.15) is 0 Å². The second kappa shape index (κ2) is 9.02. The third-order valence-electron chi connectivity index (χ3n) is 4.41. The zero-order valence-electron chi connectivity index (χ0n) is 16.8. The molecule has 1 heterocycles. The van der Waals surface area contributed by atoms with E-state index in [0.29, 0.717) is 13.0 Å². The average Bonchev–Trinajstić information content (AvgIpc) is 3.10. The van der Waals surface area contributed by atoms with Crippen LogP contribution < -0.4 is 10.1 Å². The monoisotopic (exact) mass is 394 g/mol. The minimum atomic E-state index is -0.542. The van der Waals surface area contributed by atoms with Gasteiger partial charge in [-0.25, -0.2) is 4.98 Å². The largest absolute Gasteiger partial charge is 0.481 e. The molecule has 1 aromatic heterocycles. The van der Waals surface area contributed by atoms with E-state index in [2.05, 4.69) is 52.9 Å². The lowest BCUT2D eigenvalue weighted by molar-refractivity contribution is -0.127. The van der Waals surface area contributed by atoms with Gasteiger partial charge in [0.2, 0.25) is 0 Å². The number of aromatic nitrogens is 1. The van der Waals surface area contributed by atoms with Crippen LogP contribution in [-0.2, 0) is 11.2 Å². The Morgan fingerprint density at radius 3 is 2.43 bits per heavy atom. The number of nitrogens with zero attached hydrogens (tertiary/aromatic N) is 1. The number of carbonyl (C=O) groups excluding carboxylic acids is 1. The molecule has 28 heavy (non-hydrogen) atoms. The van der Waals surface area contributed by atoms with Gasteiger partial charge in [0.05, 0.1) is 5.69 Å². The number of aryl methyl sites for hydroxylation is 3. The molecule has 0 aliphatic heterocycles. The number of carbonyl (C=O) groups is 1. The highest BCUT2D eigenvalue weighted by molar-refractivity contribution is 7.13. The Kier molecular flexibility index (Phi) is 6.47. The molecule has 1 atom stereocenters. The van der Waals surface area contributed by atoms with E-state index in [4.69, 9.17) is 4.74 Å². The highest BCUT2D eigenvalue weighted by Crippen LogP contribution is 2.24. The summed E-state index contributed by atoms with van der Waals surface area (Å²) in [5, 5.41) is 6.00. The summed E-state index contributed by atoms with van der Waals surface area (Å²) in [7, 11) is 0. The number of rotatable bonds is 7. The number of benzene rings is 2. The molecule has 0 saturated carbocycles. The molecule has 146 valence electrons. The van der Waals surface area contributed by atoms with Crippen LogP contribution in [-0.4, -0.2) is 23.5 Å². The van der Waals surface area contributed by atoms with Crippen LogP contribution in [0.25, 0.3) is 10.6 Å². The van der Waals surface area contributed by atoms with E-state index in [1.165, 1.54) is 5.56 Å². The van der Waals surface area contributed by atoms with Crippen molar-refractivity contribution in [3.63, 3.8) is 0 Å². The highest BCUT2D eigenvalue weighted by Gasteiger charge is 2.15. The maximum Gasteiger partial charge on any atom is 0.260 e. The molecule has 0 fully saturated rings. The first-order valence-electron chi connectivity index (χ1n) is 9.45. The fourth-order valence-corrected chi connectivity index (χ4v) is 3.83. The molecular weight excluding hydrogens is 368 g/mol. The van der Waals surface area contributed by atoms with Crippen molar-refractivity contribution in [3.05, 3.63) is 70.2 Å². The molecule has 3 rings (SSSR count). The quantitative estimate of drug-likeness (QED) is 0.622. The van der Waals surface area contributed by atoms with Crippen molar-refractivity contribution in [3.8, 4) is 16.3 Å². The van der Waals surface area contributed by atoms with Gasteiger partial charge in [-0.15, -0.1) is 11.3 Å². The smallest absolute Gasteiger partial charge is 0.260 e. The molecule has 0 spiro atoms. The molecule has 0 radical (unpaired) electrons. The van der Waals surface area contributed by atoms with Crippen LogP contribution in [0.2, 0.25) is 0 Å². The Hall–Kier alpha value is -2.66. The predicted octanol–water partition coefficient (Wildman–Crippen LogP) is 4.86. The van der Waals surface area contributed by atoms with E-state index in [9.17, 15) is 4.79 Å². The van der Waals surface area contributed by atoms with Gasteiger partial charge in [0, 0.05) is 23.9 Å². The third kappa shape index (κ3) is 5.42. The Morgan fingerprint density at radius 2 is 1.75 bits per heavy atom. The maximum atomic E-state index is 12.3. The van der Waals surface area contributed by atoms with Crippen LogP contribution in [0.1, 0.15) is 29.3 Å². The van der Waals surface area contributed by atoms with Crippen LogP contribution in [0.5, 0.6) is 5.75 Å². The lowest BCUT2D eigenvalue weighted by Crippen LogP contribution is -2.37. The van der Waals surface area contributed by atoms with Crippen LogP contribution >= 0.6 is 11.3 Å². The van der Waals surface area contributed by atoms with Crippen molar-refractivity contribution in [2.75, 3.05) is 6.54 Å². The molecule has 0 aliphatic rings. The fraction of sp³-hybridized carbons (Fsp3) is 0.304. The van der Waals surface area contributed by atoms with Crippen LogP contribution in [0, 0.1) is 20.8 Å². The van der Waals surface area contributed by atoms with Gasteiger partial charge in [0.1, 0.15) is 10.8 Å². The number of hydrogen-bond donors (Lipinski definition) is 1. The summed E-state index contributed by atoms with van der Waals surface area (Å²) in [6.45, 7) is 8.42. The van der Waals surface area contributed by atoms with Crippen molar-refractivity contribution in [1.82, 2.24) is 10.3 Å². The Balaban J connectivity index is 1.49. The van der Waals surface area contributed by atoms with Crippen molar-refractivity contribution < 1.29 is 9.53 Å². The van der Waals surface area contributed by atoms with Gasteiger partial charge in [0.25, 0.3) is 5.91 Å². The lowest BCUT2D eigenvalue weighted by atomic mass is 10.1. The van der Waals surface area contributed by atoms with Crippen LogP contribution in [0.15, 0.2) is 47.8 Å². The van der Waals surface area contributed by atoms with Gasteiger partial charge < -0.3 is 10.1 Å². The third-order valence-corrected chi connectivity index (χ3v) is 5.35. The minimum Gasteiger partial charge on any atom is -0.481 e. The van der Waals surface area contributed by atoms with Crippen molar-refractivity contribution in [1.29, 1.82) is 0 Å². The topological polar surface area (TPSA) is 51.2 Å². The summed E-state index contributed by atoms with van der Waals surface area (Å²) >= 11 is 1.63. The highest BCUT2D eigenvalue weighted by atomic mass is 32.1. The van der Waals surface area contributed by atoms with Crippen molar-refractivity contribution in [2.24, 2.45) is 0 Å². The van der Waals surface area contributed by atoms with Crippen molar-refractivity contribution in [2.45, 2.75) is 40.2 Å². The number of nitrogens with one attached hydrogen (secondary N) is 1. The molecule has 3 aromatic rings. The summed E-state index contributed by atoms with van der Waals surface area (Å²) < 4.78 is 5.79. The number of hydrogen-bond acceptors (Lipinski definition) is 4. The molecule has 0 aliphatic carbocycles. The van der Waals surface area contributed by atoms with Gasteiger partial charge >= 0.3 is 0 Å². The van der Waals surface area contributed by atoms with Gasteiger partial charge in [-0.1, -0.05) is 35.9 Å². The zero-order valence-corrected chi connectivity index (χ0v) is 17.6. The molecule has 5 heteroatoms. The number of thiazole rings is 1. The number of ether oxygens (including phenoxy) is 1. The Morgan fingerprint density at radius 1 is 1.07 bits per heavy atom. The first kappa shape index (κ1) is 20.1. The Labute approximate surface area is 170 Å². The molecule has 0 saturated heterocycles. The summed E-state index contributed by atoms with van der Waals surface area (Å²) in [5.74, 6) is 0.607. The molecule has 1 N–H and O–H groups in total. The average molecular weight is 395 g/mol. The van der Waals surface area contributed by atoms with E-state index in [1.54, 1.807) is 18.3 Å². The molecule has 1 amide bonds. The van der Waals surface area contributed by atoms with Gasteiger partial charge in [-0.3, -0.25) is 4.79 Å².